The second-order valence-corrected chi connectivity index (χ2v) is 5.19. The summed E-state index contributed by atoms with van der Waals surface area (Å²) in [5, 5.41) is 1.33. The van der Waals surface area contributed by atoms with Gasteiger partial charge in [0.05, 0.1) is 0 Å². The van der Waals surface area contributed by atoms with Gasteiger partial charge in [-0.2, -0.15) is 0 Å². The van der Waals surface area contributed by atoms with Gasteiger partial charge in [0.15, 0.2) is 0 Å². The first-order valence-electron chi connectivity index (χ1n) is 6.05. The molecule has 1 heterocycles. The van der Waals surface area contributed by atoms with Crippen molar-refractivity contribution in [1.82, 2.24) is 4.57 Å². The van der Waals surface area contributed by atoms with Crippen LogP contribution in [0.15, 0.2) is 34.9 Å². The van der Waals surface area contributed by atoms with Crippen molar-refractivity contribution >= 4 is 26.8 Å². The molecule has 16 heavy (non-hydrogen) atoms. The van der Waals surface area contributed by atoms with Crippen molar-refractivity contribution < 1.29 is 0 Å². The second-order valence-electron chi connectivity index (χ2n) is 4.27. The van der Waals surface area contributed by atoms with Crippen molar-refractivity contribution in [2.75, 3.05) is 0 Å². The van der Waals surface area contributed by atoms with Gasteiger partial charge in [0, 0.05) is 22.7 Å². The smallest absolute Gasteiger partial charge is 0.0491 e. The van der Waals surface area contributed by atoms with Crippen molar-refractivity contribution in [3.05, 3.63) is 34.9 Å². The van der Waals surface area contributed by atoms with Crippen LogP contribution in [0.2, 0.25) is 0 Å². The minimum absolute atomic E-state index is 1.14. The maximum atomic E-state index is 3.53. The van der Waals surface area contributed by atoms with E-state index in [2.05, 4.69) is 57.9 Å². The summed E-state index contributed by atoms with van der Waals surface area (Å²) in [6.45, 7) is 3.39. The largest absolute Gasteiger partial charge is 0.347 e. The van der Waals surface area contributed by atoms with E-state index in [1.807, 2.05) is 0 Å². The van der Waals surface area contributed by atoms with E-state index >= 15 is 0 Å². The molecule has 0 amide bonds. The summed E-state index contributed by atoms with van der Waals surface area (Å²) >= 11 is 3.53. The molecular formula is C14H18BrN. The molecule has 0 fully saturated rings. The van der Waals surface area contributed by atoms with Crippen molar-refractivity contribution in [2.45, 2.75) is 39.2 Å². The number of fused-ring (bicyclic) bond motifs is 1. The maximum absolute atomic E-state index is 3.53. The summed E-state index contributed by atoms with van der Waals surface area (Å²) in [5.74, 6) is 0. The molecule has 0 aliphatic carbocycles. The number of unbranched alkanes of at least 4 members (excludes halogenated alkanes) is 3. The molecule has 0 spiro atoms. The third-order valence-electron chi connectivity index (χ3n) is 2.99. The molecule has 0 atom stereocenters. The highest BCUT2D eigenvalue weighted by Gasteiger charge is 2.00. The van der Waals surface area contributed by atoms with E-state index in [0.29, 0.717) is 0 Å². The zero-order valence-electron chi connectivity index (χ0n) is 9.75. The minimum Gasteiger partial charge on any atom is -0.347 e. The Hall–Kier alpha value is -0.760. The zero-order chi connectivity index (χ0) is 11.4. The SMILES string of the molecule is CCCCCCn1ccc2ccc(Br)cc21. The molecule has 0 N–H and O–H groups in total. The molecule has 0 aliphatic heterocycles. The van der Waals surface area contributed by atoms with Crippen molar-refractivity contribution in [1.29, 1.82) is 0 Å². The van der Waals surface area contributed by atoms with Crippen LogP contribution in [0.3, 0.4) is 0 Å². The van der Waals surface area contributed by atoms with Gasteiger partial charge in [-0.25, -0.2) is 0 Å². The summed E-state index contributed by atoms with van der Waals surface area (Å²) < 4.78 is 3.52. The predicted octanol–water partition coefficient (Wildman–Crippen LogP) is 4.98. The number of halogens is 1. The Morgan fingerprint density at radius 3 is 2.81 bits per heavy atom. The van der Waals surface area contributed by atoms with E-state index in [9.17, 15) is 0 Å². The number of benzene rings is 1. The fourth-order valence-corrected chi connectivity index (χ4v) is 2.41. The highest BCUT2D eigenvalue weighted by atomic mass is 79.9. The third kappa shape index (κ3) is 2.67. The van der Waals surface area contributed by atoms with E-state index < -0.39 is 0 Å². The van der Waals surface area contributed by atoms with Gasteiger partial charge in [-0.05, 0) is 30.0 Å². The van der Waals surface area contributed by atoms with E-state index in [1.54, 1.807) is 0 Å². The van der Waals surface area contributed by atoms with Crippen LogP contribution in [0, 0.1) is 0 Å². The van der Waals surface area contributed by atoms with Gasteiger partial charge in [0.25, 0.3) is 0 Å². The van der Waals surface area contributed by atoms with Crippen LogP contribution in [0.1, 0.15) is 32.6 Å². The molecule has 2 heteroatoms. The second kappa shape index (κ2) is 5.53. The molecule has 0 unspecified atom stereocenters. The van der Waals surface area contributed by atoms with Crippen molar-refractivity contribution in [2.24, 2.45) is 0 Å². The molecule has 0 radical (unpaired) electrons. The Morgan fingerprint density at radius 1 is 1.12 bits per heavy atom. The average molecular weight is 280 g/mol. The molecular weight excluding hydrogens is 262 g/mol. The Balaban J connectivity index is 2.09. The summed E-state index contributed by atoms with van der Waals surface area (Å²) in [7, 11) is 0. The Bertz CT molecular complexity index is 459. The molecule has 0 saturated heterocycles. The van der Waals surface area contributed by atoms with E-state index in [4.69, 9.17) is 0 Å². The number of rotatable bonds is 5. The highest BCUT2D eigenvalue weighted by Crippen LogP contribution is 2.21. The fourth-order valence-electron chi connectivity index (χ4n) is 2.06. The lowest BCUT2D eigenvalue weighted by Crippen LogP contribution is -1.95. The first-order valence-corrected chi connectivity index (χ1v) is 6.85. The average Bonchev–Trinajstić information content (AvgIpc) is 2.67. The lowest BCUT2D eigenvalue weighted by Gasteiger charge is -2.05. The van der Waals surface area contributed by atoms with Gasteiger partial charge < -0.3 is 4.57 Å². The molecule has 0 bridgehead atoms. The van der Waals surface area contributed by atoms with Gasteiger partial charge in [-0.15, -0.1) is 0 Å². The lowest BCUT2D eigenvalue weighted by molar-refractivity contribution is 0.593. The highest BCUT2D eigenvalue weighted by molar-refractivity contribution is 9.10. The lowest BCUT2D eigenvalue weighted by atomic mass is 10.2. The first kappa shape index (κ1) is 11.7. The van der Waals surface area contributed by atoms with Gasteiger partial charge in [-0.1, -0.05) is 48.2 Å². The number of aromatic nitrogens is 1. The molecule has 1 aromatic carbocycles. The third-order valence-corrected chi connectivity index (χ3v) is 3.48. The maximum Gasteiger partial charge on any atom is 0.0491 e. The monoisotopic (exact) mass is 279 g/mol. The molecule has 86 valence electrons. The van der Waals surface area contributed by atoms with Crippen LogP contribution in [0.5, 0.6) is 0 Å². The van der Waals surface area contributed by atoms with Crippen LogP contribution in [0.25, 0.3) is 10.9 Å². The Labute approximate surface area is 106 Å². The number of aryl methyl sites for hydroxylation is 1. The molecule has 0 aliphatic rings. The topological polar surface area (TPSA) is 4.93 Å². The summed E-state index contributed by atoms with van der Waals surface area (Å²) in [5.41, 5.74) is 1.34. The summed E-state index contributed by atoms with van der Waals surface area (Å²) in [4.78, 5) is 0. The molecule has 2 aromatic rings. The Kier molecular flexibility index (Phi) is 4.05. The van der Waals surface area contributed by atoms with Crippen LogP contribution in [-0.4, -0.2) is 4.57 Å². The van der Waals surface area contributed by atoms with Crippen LogP contribution >= 0.6 is 15.9 Å². The normalized spacial score (nSPS) is 11.1. The number of nitrogens with zero attached hydrogens (tertiary/aromatic N) is 1. The number of hydrogen-bond acceptors (Lipinski definition) is 0. The zero-order valence-corrected chi connectivity index (χ0v) is 11.3. The molecule has 0 saturated carbocycles. The van der Waals surface area contributed by atoms with Crippen LogP contribution in [0.4, 0.5) is 0 Å². The molecule has 1 aromatic heterocycles. The summed E-state index contributed by atoms with van der Waals surface area (Å²) in [6.07, 6.45) is 7.47. The van der Waals surface area contributed by atoms with E-state index in [1.165, 1.54) is 36.6 Å². The number of hydrogen-bond donors (Lipinski definition) is 0. The van der Waals surface area contributed by atoms with Gasteiger partial charge in [0.1, 0.15) is 0 Å². The Morgan fingerprint density at radius 2 is 2.00 bits per heavy atom. The summed E-state index contributed by atoms with van der Waals surface area (Å²) in [6, 6.07) is 8.67. The first-order chi connectivity index (χ1) is 7.81. The fraction of sp³-hybridized carbons (Fsp3) is 0.429. The minimum atomic E-state index is 1.14. The predicted molar refractivity (Wildman–Crippen MR) is 73.8 cm³/mol. The van der Waals surface area contributed by atoms with Crippen LogP contribution < -0.4 is 0 Å². The molecule has 2 rings (SSSR count). The van der Waals surface area contributed by atoms with Gasteiger partial charge in [-0.3, -0.25) is 0 Å². The van der Waals surface area contributed by atoms with E-state index in [0.717, 1.165) is 11.0 Å². The van der Waals surface area contributed by atoms with Crippen molar-refractivity contribution in [3.63, 3.8) is 0 Å². The van der Waals surface area contributed by atoms with Crippen LogP contribution in [-0.2, 0) is 6.54 Å². The van der Waals surface area contributed by atoms with Crippen molar-refractivity contribution in [3.8, 4) is 0 Å². The quantitative estimate of drug-likeness (QED) is 0.680. The molecule has 1 nitrogen and oxygen atoms in total. The van der Waals surface area contributed by atoms with E-state index in [-0.39, 0.29) is 0 Å². The van der Waals surface area contributed by atoms with Gasteiger partial charge >= 0.3 is 0 Å². The van der Waals surface area contributed by atoms with Gasteiger partial charge in [0.2, 0.25) is 0 Å². The standard InChI is InChI=1S/C14H18BrN/c1-2-3-4-5-9-16-10-8-12-6-7-13(15)11-14(12)16/h6-8,10-11H,2-5,9H2,1H3.